The Hall–Kier alpha value is -0.810. The van der Waals surface area contributed by atoms with E-state index in [1.54, 1.807) is 7.11 Å². The number of nitrogens with two attached hydrogens (primary N) is 1. The molecule has 0 spiro atoms. The van der Waals surface area contributed by atoms with Crippen LogP contribution in [0.2, 0.25) is 0 Å². The molecule has 0 amide bonds. The molecule has 1 rings (SSSR count). The highest BCUT2D eigenvalue weighted by atomic mass is 16.5. The van der Waals surface area contributed by atoms with Crippen LogP contribution in [0.1, 0.15) is 39.0 Å². The number of amidine groups is 1. The van der Waals surface area contributed by atoms with Crippen LogP contribution in [-0.4, -0.2) is 48.8 Å². The summed E-state index contributed by atoms with van der Waals surface area (Å²) < 4.78 is 5.17. The lowest BCUT2D eigenvalue weighted by atomic mass is 10.1. The molecule has 1 aliphatic rings. The first kappa shape index (κ1) is 15.2. The molecular formula is C13H27N3O2. The summed E-state index contributed by atoms with van der Waals surface area (Å²) in [6.45, 7) is 5.17. The van der Waals surface area contributed by atoms with E-state index in [9.17, 15) is 0 Å². The Morgan fingerprint density at radius 3 is 2.72 bits per heavy atom. The third kappa shape index (κ3) is 5.69. The summed E-state index contributed by atoms with van der Waals surface area (Å²) in [4.78, 5) is 2.51. The van der Waals surface area contributed by atoms with Crippen molar-refractivity contribution in [2.45, 2.75) is 45.1 Å². The summed E-state index contributed by atoms with van der Waals surface area (Å²) >= 11 is 0. The van der Waals surface area contributed by atoms with Crippen LogP contribution >= 0.6 is 0 Å². The second kappa shape index (κ2) is 8.32. The van der Waals surface area contributed by atoms with Crippen molar-refractivity contribution >= 4 is 5.84 Å². The van der Waals surface area contributed by atoms with Gasteiger partial charge in [-0.3, -0.25) is 4.90 Å². The minimum absolute atomic E-state index is 0.327. The molecule has 5 nitrogen and oxygen atoms in total. The predicted octanol–water partition coefficient (Wildman–Crippen LogP) is 1.65. The van der Waals surface area contributed by atoms with E-state index in [1.165, 1.54) is 12.8 Å². The van der Waals surface area contributed by atoms with Gasteiger partial charge in [0.05, 0.1) is 6.61 Å². The normalized spacial score (nSPS) is 18.3. The molecule has 0 saturated heterocycles. The highest BCUT2D eigenvalue weighted by molar-refractivity contribution is 5.79. The molecule has 1 fully saturated rings. The van der Waals surface area contributed by atoms with Gasteiger partial charge in [-0.15, -0.1) is 0 Å². The third-order valence-corrected chi connectivity index (χ3v) is 3.72. The summed E-state index contributed by atoms with van der Waals surface area (Å²) in [6, 6.07) is 0.656. The summed E-state index contributed by atoms with van der Waals surface area (Å²) in [6.07, 6.45) is 5.46. The highest BCUT2D eigenvalue weighted by Gasteiger charge is 2.31. The first-order valence-corrected chi connectivity index (χ1v) is 6.88. The summed E-state index contributed by atoms with van der Waals surface area (Å²) in [5.41, 5.74) is 5.45. The highest BCUT2D eigenvalue weighted by Crippen LogP contribution is 2.35. The van der Waals surface area contributed by atoms with Gasteiger partial charge in [0.25, 0.3) is 0 Å². The number of hydrogen-bond acceptors (Lipinski definition) is 4. The van der Waals surface area contributed by atoms with E-state index in [4.69, 9.17) is 15.7 Å². The molecule has 1 saturated carbocycles. The van der Waals surface area contributed by atoms with Gasteiger partial charge in [-0.25, -0.2) is 0 Å². The quantitative estimate of drug-likeness (QED) is 0.205. The van der Waals surface area contributed by atoms with Gasteiger partial charge in [-0.1, -0.05) is 5.16 Å². The van der Waals surface area contributed by atoms with Crippen LogP contribution in [-0.2, 0) is 4.74 Å². The number of hydrogen-bond donors (Lipinski definition) is 2. The Balaban J connectivity index is 2.22. The Morgan fingerprint density at radius 1 is 1.44 bits per heavy atom. The Bertz CT molecular complexity index is 255. The molecule has 1 atom stereocenters. The third-order valence-electron chi connectivity index (χ3n) is 3.72. The van der Waals surface area contributed by atoms with Crippen molar-refractivity contribution in [3.63, 3.8) is 0 Å². The predicted molar refractivity (Wildman–Crippen MR) is 72.9 cm³/mol. The number of nitrogens with zero attached hydrogens (tertiary/aromatic N) is 2. The van der Waals surface area contributed by atoms with E-state index < -0.39 is 0 Å². The molecule has 0 heterocycles. The Labute approximate surface area is 110 Å². The second-order valence-corrected chi connectivity index (χ2v) is 5.16. The maximum Gasteiger partial charge on any atom is 0.139 e. The molecule has 0 aromatic heterocycles. The van der Waals surface area contributed by atoms with Crippen LogP contribution in [0.4, 0.5) is 0 Å². The zero-order chi connectivity index (χ0) is 13.4. The van der Waals surface area contributed by atoms with Crippen molar-refractivity contribution in [1.82, 2.24) is 4.90 Å². The van der Waals surface area contributed by atoms with E-state index >= 15 is 0 Å². The molecule has 18 heavy (non-hydrogen) atoms. The topological polar surface area (TPSA) is 71.1 Å². The largest absolute Gasteiger partial charge is 0.409 e. The van der Waals surface area contributed by atoms with E-state index in [0.29, 0.717) is 18.3 Å². The first-order chi connectivity index (χ1) is 8.69. The van der Waals surface area contributed by atoms with Crippen molar-refractivity contribution in [1.29, 1.82) is 0 Å². The summed E-state index contributed by atoms with van der Waals surface area (Å²) in [5.74, 6) is 1.21. The molecular weight excluding hydrogens is 230 g/mol. The van der Waals surface area contributed by atoms with Crippen LogP contribution < -0.4 is 5.73 Å². The molecule has 1 unspecified atom stereocenters. The second-order valence-electron chi connectivity index (χ2n) is 5.16. The van der Waals surface area contributed by atoms with Gasteiger partial charge in [-0.05, 0) is 45.1 Å². The van der Waals surface area contributed by atoms with E-state index in [-0.39, 0.29) is 0 Å². The molecule has 5 heteroatoms. The van der Waals surface area contributed by atoms with Gasteiger partial charge < -0.3 is 15.7 Å². The van der Waals surface area contributed by atoms with Crippen molar-refractivity contribution in [2.75, 3.05) is 26.8 Å². The fourth-order valence-electron chi connectivity index (χ4n) is 2.28. The Kier molecular flexibility index (Phi) is 7.05. The molecule has 0 aromatic rings. The molecule has 106 valence electrons. The molecule has 0 bridgehead atoms. The molecule has 3 N–H and O–H groups in total. The van der Waals surface area contributed by atoms with Crippen LogP contribution in [0.5, 0.6) is 0 Å². The zero-order valence-corrected chi connectivity index (χ0v) is 11.6. The Morgan fingerprint density at radius 2 is 2.17 bits per heavy atom. The van der Waals surface area contributed by atoms with Gasteiger partial charge >= 0.3 is 0 Å². The lowest BCUT2D eigenvalue weighted by molar-refractivity contribution is 0.115. The smallest absolute Gasteiger partial charge is 0.139 e. The minimum Gasteiger partial charge on any atom is -0.409 e. The monoisotopic (exact) mass is 257 g/mol. The molecule has 0 aromatic carbocycles. The molecule has 0 aliphatic heterocycles. The molecule has 0 radical (unpaired) electrons. The summed E-state index contributed by atoms with van der Waals surface area (Å²) in [7, 11) is 1.75. The van der Waals surface area contributed by atoms with Crippen molar-refractivity contribution in [3.05, 3.63) is 0 Å². The van der Waals surface area contributed by atoms with Crippen LogP contribution in [0.15, 0.2) is 5.16 Å². The lowest BCUT2D eigenvalue weighted by Crippen LogP contribution is -2.38. The maximum absolute atomic E-state index is 8.46. The van der Waals surface area contributed by atoms with Crippen molar-refractivity contribution in [3.8, 4) is 0 Å². The number of rotatable bonds is 10. The van der Waals surface area contributed by atoms with Gasteiger partial charge in [0.15, 0.2) is 0 Å². The van der Waals surface area contributed by atoms with Crippen LogP contribution in [0, 0.1) is 5.92 Å². The standard InChI is InChI=1S/C13H27N3O2/c1-11(12-6-7-12)16(9-10-18-2)8-4-3-5-13(14)15-17/h11-12,17H,3-10H2,1-2H3,(H2,14,15). The fourth-order valence-corrected chi connectivity index (χ4v) is 2.28. The van der Waals surface area contributed by atoms with Crippen LogP contribution in [0.3, 0.4) is 0 Å². The van der Waals surface area contributed by atoms with Crippen molar-refractivity contribution < 1.29 is 9.94 Å². The first-order valence-electron chi connectivity index (χ1n) is 6.88. The number of ether oxygens (including phenoxy) is 1. The van der Waals surface area contributed by atoms with Crippen LogP contribution in [0.25, 0.3) is 0 Å². The van der Waals surface area contributed by atoms with Crippen molar-refractivity contribution in [2.24, 2.45) is 16.8 Å². The fraction of sp³-hybridized carbons (Fsp3) is 0.923. The number of unbranched alkanes of at least 4 members (excludes halogenated alkanes) is 1. The molecule has 1 aliphatic carbocycles. The van der Waals surface area contributed by atoms with E-state index in [2.05, 4.69) is 17.0 Å². The average Bonchev–Trinajstić information content (AvgIpc) is 3.21. The minimum atomic E-state index is 0.327. The average molecular weight is 257 g/mol. The summed E-state index contributed by atoms with van der Waals surface area (Å²) in [5, 5.41) is 11.5. The number of methoxy groups -OCH3 is 1. The number of oxime groups is 1. The van der Waals surface area contributed by atoms with E-state index in [1.807, 2.05) is 0 Å². The zero-order valence-electron chi connectivity index (χ0n) is 11.6. The van der Waals surface area contributed by atoms with Gasteiger partial charge in [0.2, 0.25) is 0 Å². The lowest BCUT2D eigenvalue weighted by Gasteiger charge is -2.29. The SMILES string of the molecule is COCCN(CCCCC(N)=NO)C(C)C1CC1. The van der Waals surface area contributed by atoms with Gasteiger partial charge in [0, 0.05) is 26.1 Å². The van der Waals surface area contributed by atoms with Gasteiger partial charge in [-0.2, -0.15) is 0 Å². The van der Waals surface area contributed by atoms with Gasteiger partial charge in [0.1, 0.15) is 5.84 Å². The maximum atomic E-state index is 8.46. The van der Waals surface area contributed by atoms with E-state index in [0.717, 1.165) is 38.5 Å².